The molecular formula is C25H23N5O5. The van der Waals surface area contributed by atoms with Crippen molar-refractivity contribution in [1.29, 1.82) is 5.26 Å². The van der Waals surface area contributed by atoms with Gasteiger partial charge in [0.2, 0.25) is 0 Å². The molecule has 0 atom stereocenters. The number of hydrogen-bond donors (Lipinski definition) is 2. The number of esters is 1. The highest BCUT2D eigenvalue weighted by Crippen LogP contribution is 2.38. The van der Waals surface area contributed by atoms with E-state index in [1.165, 1.54) is 14.2 Å². The summed E-state index contributed by atoms with van der Waals surface area (Å²) in [6.45, 7) is 1.64. The van der Waals surface area contributed by atoms with Gasteiger partial charge in [0.1, 0.15) is 40.3 Å². The first-order chi connectivity index (χ1) is 16.9. The minimum atomic E-state index is -0.771. The zero-order chi connectivity index (χ0) is 25.1. The Morgan fingerprint density at radius 1 is 1.20 bits per heavy atom. The Kier molecular flexibility index (Phi) is 6.42. The maximum atomic E-state index is 13.5. The second kappa shape index (κ2) is 9.61. The molecule has 178 valence electrons. The number of pyridine rings is 1. The number of benzene rings is 2. The van der Waals surface area contributed by atoms with E-state index in [-0.39, 0.29) is 35.7 Å². The summed E-state index contributed by atoms with van der Waals surface area (Å²) in [6.07, 6.45) is 0. The largest absolute Gasteiger partial charge is 0.497 e. The molecule has 10 heteroatoms. The first-order valence-electron chi connectivity index (χ1n) is 10.7. The molecule has 0 bridgehead atoms. The number of nitrogen functional groups attached to an aromatic ring is 1. The highest BCUT2D eigenvalue weighted by Gasteiger charge is 2.29. The van der Waals surface area contributed by atoms with E-state index in [0.717, 1.165) is 10.1 Å². The van der Waals surface area contributed by atoms with Gasteiger partial charge in [-0.3, -0.25) is 9.36 Å². The molecule has 2 aromatic carbocycles. The monoisotopic (exact) mass is 473 g/mol. The van der Waals surface area contributed by atoms with E-state index < -0.39 is 11.5 Å². The average molecular weight is 473 g/mol. The van der Waals surface area contributed by atoms with E-state index >= 15 is 0 Å². The van der Waals surface area contributed by atoms with E-state index in [0.29, 0.717) is 28.4 Å². The quantitative estimate of drug-likeness (QED) is 0.390. The van der Waals surface area contributed by atoms with Gasteiger partial charge in [0.25, 0.3) is 5.56 Å². The molecule has 0 spiro atoms. The number of nitrogens with zero attached hydrogens (tertiary/aromatic N) is 3. The minimum Gasteiger partial charge on any atom is -0.497 e. The number of rotatable bonds is 7. The zero-order valence-corrected chi connectivity index (χ0v) is 19.4. The van der Waals surface area contributed by atoms with Crippen LogP contribution in [0, 0.1) is 11.3 Å². The van der Waals surface area contributed by atoms with Gasteiger partial charge in [-0.1, -0.05) is 12.1 Å². The second-order valence-electron chi connectivity index (χ2n) is 7.50. The van der Waals surface area contributed by atoms with Crippen LogP contribution in [0.15, 0.2) is 47.3 Å². The predicted molar refractivity (Wildman–Crippen MR) is 130 cm³/mol. The molecule has 2 aromatic heterocycles. The Morgan fingerprint density at radius 2 is 1.97 bits per heavy atom. The zero-order valence-electron chi connectivity index (χ0n) is 19.4. The number of aromatic amines is 1. The van der Waals surface area contributed by atoms with Crippen molar-refractivity contribution in [2.75, 3.05) is 26.6 Å². The van der Waals surface area contributed by atoms with Gasteiger partial charge in [0, 0.05) is 17.2 Å². The molecule has 3 N–H and O–H groups in total. The van der Waals surface area contributed by atoms with Crippen LogP contribution in [0.5, 0.6) is 11.5 Å². The summed E-state index contributed by atoms with van der Waals surface area (Å²) in [7, 11) is 2.93. The van der Waals surface area contributed by atoms with Gasteiger partial charge in [-0.15, -0.1) is 0 Å². The standard InChI is InChI=1S/C25H23N5O5/c1-4-35-25(32)22-21(15-10-9-14(33-2)11-19(15)34-3)16(12-26)24(31)30(23(22)27)13-20-28-17-7-5-6-8-18(17)29-20/h5-11H,4,13,27H2,1-3H3,(H,28,29). The lowest BCUT2D eigenvalue weighted by Gasteiger charge is -2.19. The summed E-state index contributed by atoms with van der Waals surface area (Å²) in [4.78, 5) is 34.2. The van der Waals surface area contributed by atoms with Crippen molar-refractivity contribution < 1.29 is 19.0 Å². The van der Waals surface area contributed by atoms with Gasteiger partial charge >= 0.3 is 5.97 Å². The maximum absolute atomic E-state index is 13.5. The van der Waals surface area contributed by atoms with E-state index in [4.69, 9.17) is 19.9 Å². The minimum absolute atomic E-state index is 0.0359. The molecule has 10 nitrogen and oxygen atoms in total. The van der Waals surface area contributed by atoms with Crippen LogP contribution in [0.25, 0.3) is 22.2 Å². The third-order valence-electron chi connectivity index (χ3n) is 5.52. The lowest BCUT2D eigenvalue weighted by molar-refractivity contribution is 0.0527. The highest BCUT2D eigenvalue weighted by molar-refractivity contribution is 6.04. The Labute approximate surface area is 200 Å². The van der Waals surface area contributed by atoms with Crippen molar-refractivity contribution in [1.82, 2.24) is 14.5 Å². The molecule has 0 aliphatic heterocycles. The predicted octanol–water partition coefficient (Wildman–Crippen LogP) is 3.09. The lowest BCUT2D eigenvalue weighted by Crippen LogP contribution is -2.30. The summed E-state index contributed by atoms with van der Waals surface area (Å²) >= 11 is 0. The number of nitrogens with two attached hydrogens (primary N) is 1. The van der Waals surface area contributed by atoms with Crippen LogP contribution in [0.4, 0.5) is 5.82 Å². The first kappa shape index (κ1) is 23.4. The SMILES string of the molecule is CCOC(=O)c1c(-c2ccc(OC)cc2OC)c(C#N)c(=O)n(Cc2nc3ccccc3[nH]2)c1N. The van der Waals surface area contributed by atoms with Crippen LogP contribution < -0.4 is 20.8 Å². The molecule has 0 radical (unpaired) electrons. The normalized spacial score (nSPS) is 10.7. The van der Waals surface area contributed by atoms with Gasteiger partial charge in [-0.2, -0.15) is 5.26 Å². The molecule has 0 amide bonds. The number of nitriles is 1. The van der Waals surface area contributed by atoms with E-state index in [1.807, 2.05) is 30.3 Å². The van der Waals surface area contributed by atoms with Crippen LogP contribution in [0.2, 0.25) is 0 Å². The molecule has 0 saturated carbocycles. The van der Waals surface area contributed by atoms with Crippen molar-refractivity contribution in [3.8, 4) is 28.7 Å². The van der Waals surface area contributed by atoms with E-state index in [2.05, 4.69) is 9.97 Å². The summed E-state index contributed by atoms with van der Waals surface area (Å²) in [6, 6.07) is 14.1. The summed E-state index contributed by atoms with van der Waals surface area (Å²) < 4.78 is 17.1. The number of carbonyl (C=O) groups excluding carboxylic acids is 1. The molecule has 4 aromatic rings. The number of anilines is 1. The Balaban J connectivity index is 2.00. The summed E-state index contributed by atoms with van der Waals surface area (Å²) in [5, 5.41) is 10.0. The maximum Gasteiger partial charge on any atom is 0.342 e. The fourth-order valence-corrected chi connectivity index (χ4v) is 3.91. The van der Waals surface area contributed by atoms with Crippen molar-refractivity contribution in [3.63, 3.8) is 0 Å². The topological polar surface area (TPSA) is 145 Å². The highest BCUT2D eigenvalue weighted by atomic mass is 16.5. The number of imidazole rings is 1. The van der Waals surface area contributed by atoms with Gasteiger partial charge in [-0.25, -0.2) is 9.78 Å². The number of hydrogen-bond acceptors (Lipinski definition) is 8. The fraction of sp³-hybridized carbons (Fsp3) is 0.200. The smallest absolute Gasteiger partial charge is 0.342 e. The van der Waals surface area contributed by atoms with Crippen molar-refractivity contribution in [2.45, 2.75) is 13.5 Å². The molecule has 0 aliphatic rings. The Hall–Kier alpha value is -4.78. The summed E-state index contributed by atoms with van der Waals surface area (Å²) in [5.74, 6) is 0.301. The molecule has 35 heavy (non-hydrogen) atoms. The average Bonchev–Trinajstić information content (AvgIpc) is 3.28. The molecule has 0 saturated heterocycles. The van der Waals surface area contributed by atoms with Crippen molar-refractivity contribution in [2.24, 2.45) is 0 Å². The van der Waals surface area contributed by atoms with Gasteiger partial charge < -0.3 is 24.9 Å². The Bertz CT molecular complexity index is 1500. The number of fused-ring (bicyclic) bond motifs is 1. The van der Waals surface area contributed by atoms with Crippen molar-refractivity contribution in [3.05, 3.63) is 69.8 Å². The number of nitrogens with one attached hydrogen (secondary N) is 1. The van der Waals surface area contributed by atoms with E-state index in [9.17, 15) is 14.9 Å². The third-order valence-corrected chi connectivity index (χ3v) is 5.52. The number of aromatic nitrogens is 3. The van der Waals surface area contributed by atoms with Crippen molar-refractivity contribution >= 4 is 22.8 Å². The number of methoxy groups -OCH3 is 2. The Morgan fingerprint density at radius 3 is 2.63 bits per heavy atom. The molecule has 0 fully saturated rings. The molecule has 0 unspecified atom stereocenters. The van der Waals surface area contributed by atoms with Gasteiger partial charge in [0.05, 0.1) is 38.4 Å². The summed E-state index contributed by atoms with van der Waals surface area (Å²) in [5.41, 5.74) is 7.20. The number of ether oxygens (including phenoxy) is 3. The third kappa shape index (κ3) is 4.15. The van der Waals surface area contributed by atoms with E-state index in [1.54, 1.807) is 25.1 Å². The van der Waals surface area contributed by atoms with Crippen LogP contribution >= 0.6 is 0 Å². The first-order valence-corrected chi connectivity index (χ1v) is 10.7. The van der Waals surface area contributed by atoms with Gasteiger partial charge in [-0.05, 0) is 31.2 Å². The van der Waals surface area contributed by atoms with Crippen LogP contribution in [-0.2, 0) is 11.3 Å². The molecule has 0 aliphatic carbocycles. The molecular weight excluding hydrogens is 450 g/mol. The molecule has 4 rings (SSSR count). The molecule has 2 heterocycles. The lowest BCUT2D eigenvalue weighted by atomic mass is 9.94. The number of para-hydroxylation sites is 2. The fourth-order valence-electron chi connectivity index (χ4n) is 3.91. The van der Waals surface area contributed by atoms with Crippen LogP contribution in [-0.4, -0.2) is 41.3 Å². The second-order valence-corrected chi connectivity index (χ2v) is 7.50. The van der Waals surface area contributed by atoms with Gasteiger partial charge in [0.15, 0.2) is 0 Å². The number of carbonyl (C=O) groups is 1. The van der Waals surface area contributed by atoms with Crippen LogP contribution in [0.1, 0.15) is 28.7 Å². The number of H-pyrrole nitrogens is 1. The van der Waals surface area contributed by atoms with Crippen LogP contribution in [0.3, 0.4) is 0 Å².